The molecule has 0 fully saturated rings. The molecule has 2 aromatic carbocycles. The lowest BCUT2D eigenvalue weighted by atomic mass is 10.3. The number of hydrogen-bond acceptors (Lipinski definition) is 6. The highest BCUT2D eigenvalue weighted by molar-refractivity contribution is 7.93. The van der Waals surface area contributed by atoms with Crippen LogP contribution in [0.4, 0.5) is 11.4 Å². The van der Waals surface area contributed by atoms with Gasteiger partial charge in [-0.25, -0.2) is 8.42 Å². The SMILES string of the molecule is CC(C)Oc1ccc(NS(=O)(=O)CC(=O)Nc2ccc(OCC#N)cc2)cc1. The summed E-state index contributed by atoms with van der Waals surface area (Å²) in [4.78, 5) is 12.0. The van der Waals surface area contributed by atoms with E-state index in [4.69, 9.17) is 14.7 Å². The van der Waals surface area contributed by atoms with E-state index in [1.165, 1.54) is 0 Å². The first-order valence-electron chi connectivity index (χ1n) is 8.44. The quantitative estimate of drug-likeness (QED) is 0.665. The Hall–Kier alpha value is -3.25. The Morgan fingerprint density at radius 2 is 1.61 bits per heavy atom. The van der Waals surface area contributed by atoms with Crippen molar-refractivity contribution in [1.29, 1.82) is 5.26 Å². The molecule has 148 valence electrons. The van der Waals surface area contributed by atoms with Crippen molar-refractivity contribution in [3.8, 4) is 17.6 Å². The fraction of sp³-hybridized carbons (Fsp3) is 0.263. The maximum Gasteiger partial charge on any atom is 0.241 e. The van der Waals surface area contributed by atoms with Crippen LogP contribution in [0.5, 0.6) is 11.5 Å². The van der Waals surface area contributed by atoms with Crippen molar-refractivity contribution >= 4 is 27.3 Å². The molecule has 0 heterocycles. The molecule has 0 saturated heterocycles. The van der Waals surface area contributed by atoms with Crippen molar-refractivity contribution in [2.45, 2.75) is 20.0 Å². The van der Waals surface area contributed by atoms with Gasteiger partial charge in [-0.05, 0) is 62.4 Å². The molecule has 0 spiro atoms. The van der Waals surface area contributed by atoms with Crippen LogP contribution in [0.15, 0.2) is 48.5 Å². The van der Waals surface area contributed by atoms with Gasteiger partial charge in [0.25, 0.3) is 0 Å². The van der Waals surface area contributed by atoms with Gasteiger partial charge in [0.2, 0.25) is 15.9 Å². The summed E-state index contributed by atoms with van der Waals surface area (Å²) in [5.41, 5.74) is 0.752. The van der Waals surface area contributed by atoms with E-state index in [1.807, 2.05) is 19.9 Å². The minimum absolute atomic E-state index is 0.0122. The van der Waals surface area contributed by atoms with Gasteiger partial charge in [0.1, 0.15) is 23.3 Å². The number of nitriles is 1. The summed E-state index contributed by atoms with van der Waals surface area (Å²) in [5.74, 6) is -0.321. The van der Waals surface area contributed by atoms with Crippen LogP contribution in [0.25, 0.3) is 0 Å². The molecule has 0 aliphatic rings. The third-order valence-corrected chi connectivity index (χ3v) is 4.45. The Morgan fingerprint density at radius 3 is 2.18 bits per heavy atom. The zero-order valence-corrected chi connectivity index (χ0v) is 16.3. The fourth-order valence-corrected chi connectivity index (χ4v) is 3.19. The van der Waals surface area contributed by atoms with Gasteiger partial charge in [0.15, 0.2) is 6.61 Å². The summed E-state index contributed by atoms with van der Waals surface area (Å²) in [6.45, 7) is 3.70. The molecule has 0 bridgehead atoms. The van der Waals surface area contributed by atoms with Crippen molar-refractivity contribution < 1.29 is 22.7 Å². The molecule has 0 aromatic heterocycles. The highest BCUT2D eigenvalue weighted by Gasteiger charge is 2.17. The molecule has 0 saturated carbocycles. The summed E-state index contributed by atoms with van der Waals surface area (Å²) in [6, 6.07) is 14.5. The van der Waals surface area contributed by atoms with E-state index in [-0.39, 0.29) is 12.7 Å². The Bertz CT molecular complexity index is 933. The molecular weight excluding hydrogens is 382 g/mol. The fourth-order valence-electron chi connectivity index (χ4n) is 2.21. The van der Waals surface area contributed by atoms with Crippen LogP contribution in [-0.2, 0) is 14.8 Å². The zero-order chi connectivity index (χ0) is 20.6. The predicted octanol–water partition coefficient (Wildman–Crippen LogP) is 2.76. The minimum Gasteiger partial charge on any atom is -0.491 e. The molecule has 2 rings (SSSR count). The molecule has 1 amide bonds. The van der Waals surface area contributed by atoms with E-state index in [0.29, 0.717) is 22.9 Å². The summed E-state index contributed by atoms with van der Waals surface area (Å²) in [6.07, 6.45) is 0.0122. The van der Waals surface area contributed by atoms with E-state index in [2.05, 4.69) is 10.0 Å². The summed E-state index contributed by atoms with van der Waals surface area (Å²) in [5, 5.41) is 11.0. The van der Waals surface area contributed by atoms with Crippen LogP contribution in [-0.4, -0.2) is 32.8 Å². The Balaban J connectivity index is 1.90. The number of nitrogens with zero attached hydrogens (tertiary/aromatic N) is 1. The monoisotopic (exact) mass is 403 g/mol. The van der Waals surface area contributed by atoms with E-state index in [0.717, 1.165) is 0 Å². The maximum atomic E-state index is 12.2. The average molecular weight is 403 g/mol. The average Bonchev–Trinajstić information content (AvgIpc) is 2.61. The number of hydrogen-bond donors (Lipinski definition) is 2. The first-order valence-corrected chi connectivity index (χ1v) is 10.1. The molecule has 0 atom stereocenters. The van der Waals surface area contributed by atoms with Crippen LogP contribution in [0, 0.1) is 11.3 Å². The lowest BCUT2D eigenvalue weighted by molar-refractivity contribution is -0.113. The Morgan fingerprint density at radius 1 is 1.04 bits per heavy atom. The van der Waals surface area contributed by atoms with Gasteiger partial charge < -0.3 is 14.8 Å². The number of amides is 1. The minimum atomic E-state index is -3.87. The summed E-state index contributed by atoms with van der Waals surface area (Å²) in [7, 11) is -3.87. The van der Waals surface area contributed by atoms with Crippen molar-refractivity contribution in [2.75, 3.05) is 22.4 Å². The van der Waals surface area contributed by atoms with Gasteiger partial charge in [-0.1, -0.05) is 0 Å². The largest absolute Gasteiger partial charge is 0.491 e. The van der Waals surface area contributed by atoms with E-state index in [9.17, 15) is 13.2 Å². The number of sulfonamides is 1. The first kappa shape index (κ1) is 21.1. The number of anilines is 2. The Labute approximate surface area is 164 Å². The molecule has 0 radical (unpaired) electrons. The second-order valence-corrected chi connectivity index (χ2v) is 7.79. The van der Waals surface area contributed by atoms with Crippen molar-refractivity contribution in [2.24, 2.45) is 0 Å². The molecule has 9 heteroatoms. The van der Waals surface area contributed by atoms with Crippen molar-refractivity contribution in [3.05, 3.63) is 48.5 Å². The molecule has 0 aliphatic heterocycles. The molecule has 2 N–H and O–H groups in total. The van der Waals surface area contributed by atoms with E-state index < -0.39 is 21.7 Å². The first-order chi connectivity index (χ1) is 13.3. The predicted molar refractivity (Wildman–Crippen MR) is 106 cm³/mol. The lowest BCUT2D eigenvalue weighted by Gasteiger charge is -2.12. The second-order valence-electron chi connectivity index (χ2n) is 6.07. The van der Waals surface area contributed by atoms with Crippen LogP contribution in [0.1, 0.15) is 13.8 Å². The smallest absolute Gasteiger partial charge is 0.241 e. The van der Waals surface area contributed by atoms with Gasteiger partial charge in [0, 0.05) is 11.4 Å². The molecule has 0 aliphatic carbocycles. The number of benzene rings is 2. The topological polar surface area (TPSA) is 118 Å². The number of ether oxygens (including phenoxy) is 2. The molecule has 2 aromatic rings. The third-order valence-electron chi connectivity index (χ3n) is 3.26. The van der Waals surface area contributed by atoms with Gasteiger partial charge in [-0.3, -0.25) is 9.52 Å². The van der Waals surface area contributed by atoms with Gasteiger partial charge in [-0.15, -0.1) is 0 Å². The standard InChI is InChI=1S/C19H21N3O5S/c1-14(2)27-18-9-5-16(6-10-18)22-28(24,25)13-19(23)21-15-3-7-17(8-4-15)26-12-11-20/h3-10,14,22H,12-13H2,1-2H3,(H,21,23). The van der Waals surface area contributed by atoms with Crippen LogP contribution in [0.3, 0.4) is 0 Å². The lowest BCUT2D eigenvalue weighted by Crippen LogP contribution is -2.27. The number of carbonyl (C=O) groups is 1. The zero-order valence-electron chi connectivity index (χ0n) is 15.5. The van der Waals surface area contributed by atoms with E-state index in [1.54, 1.807) is 48.5 Å². The van der Waals surface area contributed by atoms with Gasteiger partial charge in [0.05, 0.1) is 6.10 Å². The van der Waals surface area contributed by atoms with Crippen molar-refractivity contribution in [1.82, 2.24) is 0 Å². The molecular formula is C19H21N3O5S. The molecule has 28 heavy (non-hydrogen) atoms. The van der Waals surface area contributed by atoms with Gasteiger partial charge in [-0.2, -0.15) is 5.26 Å². The van der Waals surface area contributed by atoms with E-state index >= 15 is 0 Å². The number of rotatable bonds is 9. The highest BCUT2D eigenvalue weighted by atomic mass is 32.2. The molecule has 8 nitrogen and oxygen atoms in total. The summed E-state index contributed by atoms with van der Waals surface area (Å²) >= 11 is 0. The van der Waals surface area contributed by atoms with Crippen molar-refractivity contribution in [3.63, 3.8) is 0 Å². The highest BCUT2D eigenvalue weighted by Crippen LogP contribution is 2.18. The van der Waals surface area contributed by atoms with Crippen LogP contribution < -0.4 is 19.5 Å². The summed E-state index contributed by atoms with van der Waals surface area (Å²) < 4.78 is 37.3. The maximum absolute atomic E-state index is 12.2. The van der Waals surface area contributed by atoms with Crippen LogP contribution in [0.2, 0.25) is 0 Å². The normalized spacial score (nSPS) is 10.8. The van der Waals surface area contributed by atoms with Crippen LogP contribution >= 0.6 is 0 Å². The third kappa shape index (κ3) is 7.17. The number of carbonyl (C=O) groups excluding carboxylic acids is 1. The molecule has 0 unspecified atom stereocenters. The number of nitrogens with one attached hydrogen (secondary N) is 2. The Kier molecular flexibility index (Phi) is 7.23. The second kappa shape index (κ2) is 9.62. The van der Waals surface area contributed by atoms with Gasteiger partial charge >= 0.3 is 0 Å².